The van der Waals surface area contributed by atoms with Crippen molar-refractivity contribution in [2.45, 2.75) is 0 Å². The molecule has 1 aromatic rings. The molecule has 0 saturated carbocycles. The second-order valence-corrected chi connectivity index (χ2v) is 4.33. The maximum atomic E-state index is 10.7. The minimum Gasteiger partial charge on any atom is -0.390 e. The number of aliphatic hydroxyl groups excluding tert-OH is 2. The topological polar surface area (TPSA) is 122 Å². The fourth-order valence-electron chi connectivity index (χ4n) is 2.10. The van der Waals surface area contributed by atoms with E-state index in [9.17, 15) is 20.3 Å². The summed E-state index contributed by atoms with van der Waals surface area (Å²) >= 11 is 0. The highest BCUT2D eigenvalue weighted by Crippen LogP contribution is 2.23. The molecule has 0 aliphatic heterocycles. The zero-order chi connectivity index (χ0) is 15.0. The van der Waals surface area contributed by atoms with Gasteiger partial charge in [0.2, 0.25) is 0 Å². The van der Waals surface area contributed by atoms with Crippen LogP contribution in [-0.4, -0.2) is 54.5 Å². The highest BCUT2D eigenvalue weighted by atomic mass is 16.6. The van der Waals surface area contributed by atoms with Crippen LogP contribution < -0.4 is 15.8 Å². The molecule has 8 nitrogen and oxygen atoms in total. The Labute approximate surface area is 117 Å². The average Bonchev–Trinajstić information content (AvgIpc) is 2.45. The number of nitro groups is 1. The molecule has 0 heterocycles. The van der Waals surface area contributed by atoms with E-state index < -0.39 is 4.92 Å². The molecule has 20 heavy (non-hydrogen) atoms. The molecule has 0 aliphatic rings. The molecule has 0 radical (unpaired) electrons. The fourth-order valence-corrected chi connectivity index (χ4v) is 2.10. The molecule has 0 atom stereocenters. The number of aliphatic hydroxyl groups is 2. The van der Waals surface area contributed by atoms with Gasteiger partial charge in [0.1, 0.15) is 13.1 Å². The summed E-state index contributed by atoms with van der Waals surface area (Å²) in [4.78, 5) is 10.2. The van der Waals surface area contributed by atoms with Gasteiger partial charge in [-0.05, 0) is 0 Å². The van der Waals surface area contributed by atoms with E-state index >= 15 is 0 Å². The van der Waals surface area contributed by atoms with Crippen LogP contribution in [0.15, 0.2) is 24.3 Å². The Balaban J connectivity index is 3.09. The summed E-state index contributed by atoms with van der Waals surface area (Å²) in [5, 5.41) is 29.2. The van der Waals surface area contributed by atoms with Crippen LogP contribution in [0.2, 0.25) is 0 Å². The van der Waals surface area contributed by atoms with Crippen LogP contribution in [0.3, 0.4) is 0 Å². The van der Waals surface area contributed by atoms with Crippen LogP contribution in [0.4, 0.5) is 11.4 Å². The number of nitrogens with one attached hydrogen (secondary N) is 1. The molecular weight excluding hydrogens is 264 g/mol. The van der Waals surface area contributed by atoms with E-state index in [4.69, 9.17) is 5.73 Å². The molecule has 0 fully saturated rings. The van der Waals surface area contributed by atoms with Gasteiger partial charge in [-0.2, -0.15) is 5.43 Å². The van der Waals surface area contributed by atoms with Gasteiger partial charge in [0, 0.05) is 30.8 Å². The lowest BCUT2D eigenvalue weighted by Crippen LogP contribution is -2.63. The Hall–Kier alpha value is -1.58. The first-order valence-corrected chi connectivity index (χ1v) is 6.38. The third-order valence-corrected chi connectivity index (χ3v) is 3.08. The van der Waals surface area contributed by atoms with Crippen molar-refractivity contribution >= 4 is 11.4 Å². The minimum absolute atomic E-state index is 0.00123. The molecule has 8 heteroatoms. The lowest BCUT2D eigenvalue weighted by molar-refractivity contribution is -0.384. The second-order valence-electron chi connectivity index (χ2n) is 4.33. The van der Waals surface area contributed by atoms with Crippen LogP contribution in [-0.2, 0) is 0 Å². The highest BCUT2D eigenvalue weighted by molar-refractivity contribution is 5.47. The Morgan fingerprint density at radius 1 is 1.20 bits per heavy atom. The van der Waals surface area contributed by atoms with Gasteiger partial charge in [-0.25, -0.2) is 4.59 Å². The summed E-state index contributed by atoms with van der Waals surface area (Å²) in [6.45, 7) is 1.39. The molecule has 0 saturated heterocycles. The smallest absolute Gasteiger partial charge is 0.269 e. The molecule has 0 aromatic heterocycles. The maximum absolute atomic E-state index is 10.7. The summed E-state index contributed by atoms with van der Waals surface area (Å²) in [5.74, 6) is 0. The number of nitro benzene ring substituents is 1. The number of benzene rings is 1. The van der Waals surface area contributed by atoms with E-state index in [1.165, 1.54) is 12.1 Å². The quantitative estimate of drug-likeness (QED) is 0.272. The summed E-state index contributed by atoms with van der Waals surface area (Å²) in [5.41, 5.74) is 9.38. The summed E-state index contributed by atoms with van der Waals surface area (Å²) in [7, 11) is 0. The highest BCUT2D eigenvalue weighted by Gasteiger charge is 2.30. The summed E-state index contributed by atoms with van der Waals surface area (Å²) in [6, 6.07) is 6.04. The lowest BCUT2D eigenvalue weighted by Gasteiger charge is -2.36. The maximum Gasteiger partial charge on any atom is 0.269 e. The van der Waals surface area contributed by atoms with Gasteiger partial charge >= 0.3 is 0 Å². The van der Waals surface area contributed by atoms with Crippen LogP contribution >= 0.6 is 0 Å². The van der Waals surface area contributed by atoms with E-state index in [1.54, 1.807) is 12.1 Å². The Morgan fingerprint density at radius 2 is 1.75 bits per heavy atom. The van der Waals surface area contributed by atoms with Gasteiger partial charge < -0.3 is 15.9 Å². The first-order chi connectivity index (χ1) is 9.59. The van der Waals surface area contributed by atoms with Crippen molar-refractivity contribution in [1.29, 1.82) is 0 Å². The van der Waals surface area contributed by atoms with E-state index in [-0.39, 0.29) is 23.5 Å². The van der Waals surface area contributed by atoms with Crippen molar-refractivity contribution in [1.82, 2.24) is 10.0 Å². The largest absolute Gasteiger partial charge is 0.390 e. The first kappa shape index (κ1) is 16.5. The van der Waals surface area contributed by atoms with Crippen molar-refractivity contribution < 1.29 is 15.1 Å². The Morgan fingerprint density at radius 3 is 2.15 bits per heavy atom. The van der Waals surface area contributed by atoms with Crippen LogP contribution in [0.25, 0.3) is 0 Å². The third-order valence-electron chi connectivity index (χ3n) is 3.08. The monoisotopic (exact) mass is 285 g/mol. The van der Waals surface area contributed by atoms with Crippen molar-refractivity contribution in [3.8, 4) is 0 Å². The zero-order valence-corrected chi connectivity index (χ0v) is 11.2. The number of nitrogens with two attached hydrogens (primary N) is 1. The molecule has 1 aromatic carbocycles. The average molecular weight is 285 g/mol. The molecule has 0 unspecified atom stereocenters. The number of non-ortho nitro benzene ring substituents is 1. The molecule has 0 amide bonds. The first-order valence-electron chi connectivity index (χ1n) is 6.38. The van der Waals surface area contributed by atoms with Gasteiger partial charge in [0.05, 0.1) is 24.7 Å². The lowest BCUT2D eigenvalue weighted by atomic mass is 10.2. The zero-order valence-electron chi connectivity index (χ0n) is 11.2. The van der Waals surface area contributed by atoms with Gasteiger partial charge in [0.25, 0.3) is 5.69 Å². The van der Waals surface area contributed by atoms with E-state index in [1.807, 2.05) is 0 Å². The van der Waals surface area contributed by atoms with E-state index in [0.29, 0.717) is 26.2 Å². The van der Waals surface area contributed by atoms with Gasteiger partial charge in [0.15, 0.2) is 5.69 Å². The molecule has 5 N–H and O–H groups in total. The van der Waals surface area contributed by atoms with Crippen molar-refractivity contribution in [3.63, 3.8) is 0 Å². The fraction of sp³-hybridized carbons (Fsp3) is 0.500. The van der Waals surface area contributed by atoms with Crippen LogP contribution in [0.5, 0.6) is 0 Å². The molecule has 0 aliphatic carbocycles. The predicted octanol–water partition coefficient (Wildman–Crippen LogP) is -0.650. The summed E-state index contributed by atoms with van der Waals surface area (Å²) in [6.07, 6.45) is 0. The van der Waals surface area contributed by atoms with Crippen LogP contribution in [0.1, 0.15) is 0 Å². The molecule has 0 spiro atoms. The molecule has 1 rings (SSSR count). The van der Waals surface area contributed by atoms with E-state index in [0.717, 1.165) is 5.69 Å². The molecular formula is C12H21N4O4+. The number of hydrogen-bond donors (Lipinski definition) is 4. The van der Waals surface area contributed by atoms with Gasteiger partial charge in [-0.15, -0.1) is 0 Å². The van der Waals surface area contributed by atoms with Crippen molar-refractivity contribution in [3.05, 3.63) is 34.4 Å². The molecule has 112 valence electrons. The standard InChI is InChI=1S/C12H21N4O4/c13-5-6-14-16(7-9-17,8-10-18)12-3-1-11(2-4-12)15(19)20/h1-4,14,17-18H,5-10,13H2/q+1. The third kappa shape index (κ3) is 3.95. The van der Waals surface area contributed by atoms with Gasteiger partial charge in [-0.1, -0.05) is 0 Å². The Bertz CT molecular complexity index is 418. The molecule has 0 bridgehead atoms. The summed E-state index contributed by atoms with van der Waals surface area (Å²) < 4.78 is 0.127. The Kier molecular flexibility index (Phi) is 6.49. The number of nitrogens with zero attached hydrogens (tertiary/aromatic N) is 2. The normalized spacial score (nSPS) is 11.6. The van der Waals surface area contributed by atoms with Crippen LogP contribution in [0, 0.1) is 10.1 Å². The minimum atomic E-state index is -0.468. The number of quaternary nitrogens is 1. The number of rotatable bonds is 9. The van der Waals surface area contributed by atoms with E-state index in [2.05, 4.69) is 5.43 Å². The van der Waals surface area contributed by atoms with Gasteiger partial charge in [-0.3, -0.25) is 10.1 Å². The SMILES string of the molecule is NCCN[N+](CCO)(CCO)c1ccc([N+](=O)[O-])cc1. The predicted molar refractivity (Wildman–Crippen MR) is 75.9 cm³/mol. The number of hydrogen-bond acceptors (Lipinski definition) is 6. The van der Waals surface area contributed by atoms with Crippen molar-refractivity contribution in [2.24, 2.45) is 5.73 Å². The second kappa shape index (κ2) is 7.88. The van der Waals surface area contributed by atoms with Crippen molar-refractivity contribution in [2.75, 3.05) is 39.4 Å².